The third kappa shape index (κ3) is 4.01. The molecule has 4 aromatic rings. The third-order valence-electron chi connectivity index (χ3n) is 5.60. The Labute approximate surface area is 195 Å². The van der Waals surface area contributed by atoms with Crippen molar-refractivity contribution in [3.05, 3.63) is 89.3 Å². The number of hydrogen-bond donors (Lipinski definition) is 0. The number of aromatic nitrogens is 3. The van der Waals surface area contributed by atoms with Crippen molar-refractivity contribution < 1.29 is 4.42 Å². The number of benzene rings is 2. The Morgan fingerprint density at radius 1 is 1.06 bits per heavy atom. The summed E-state index contributed by atoms with van der Waals surface area (Å²) in [6.07, 6.45) is 11.6. The Hall–Kier alpha value is -3.56. The molecule has 0 fully saturated rings. The molecule has 166 valence electrons. The van der Waals surface area contributed by atoms with Crippen LogP contribution >= 0.6 is 10.0 Å². The maximum atomic E-state index is 5.58. The summed E-state index contributed by atoms with van der Waals surface area (Å²) in [6, 6.07) is 14.6. The van der Waals surface area contributed by atoms with E-state index < -0.39 is 10.0 Å². The van der Waals surface area contributed by atoms with E-state index in [-0.39, 0.29) is 6.04 Å². The quantitative estimate of drug-likeness (QED) is 0.362. The number of aliphatic imine (C=N–C) groups is 1. The standard InChI is InChI=1S/C27H26N4OS/c1-18-8-6-7-9-21(18)25-22-14-20(12-13-33(3,4)5)10-11-23(22)31-16-29-26(24-15-28-17-32-24)27(31)19(2)30-25/h6-11,14-17,19H,1-5H3/t19-/m1/s1. The van der Waals surface area contributed by atoms with E-state index in [4.69, 9.17) is 9.41 Å². The van der Waals surface area contributed by atoms with Gasteiger partial charge in [-0.1, -0.05) is 30.2 Å². The van der Waals surface area contributed by atoms with Gasteiger partial charge in [0, 0.05) is 16.7 Å². The molecular formula is C27H26N4OS. The van der Waals surface area contributed by atoms with E-state index in [1.54, 1.807) is 6.20 Å². The van der Waals surface area contributed by atoms with Crippen LogP contribution in [0.25, 0.3) is 17.1 Å². The molecule has 6 heteroatoms. The lowest BCUT2D eigenvalue weighted by Gasteiger charge is -2.16. The van der Waals surface area contributed by atoms with Gasteiger partial charge in [0.2, 0.25) is 0 Å². The maximum Gasteiger partial charge on any atom is 0.181 e. The predicted octanol–water partition coefficient (Wildman–Crippen LogP) is 5.75. The highest BCUT2D eigenvalue weighted by atomic mass is 32.3. The van der Waals surface area contributed by atoms with E-state index in [9.17, 15) is 0 Å². The number of rotatable bonds is 2. The van der Waals surface area contributed by atoms with Crippen molar-refractivity contribution >= 4 is 15.7 Å². The first kappa shape index (κ1) is 21.3. The largest absolute Gasteiger partial charge is 0.442 e. The van der Waals surface area contributed by atoms with E-state index in [2.05, 4.69) is 101 Å². The van der Waals surface area contributed by atoms with Gasteiger partial charge >= 0.3 is 0 Å². The molecular weight excluding hydrogens is 428 g/mol. The highest BCUT2D eigenvalue weighted by Gasteiger charge is 2.28. The molecule has 1 aliphatic heterocycles. The van der Waals surface area contributed by atoms with Crippen molar-refractivity contribution in [3.63, 3.8) is 0 Å². The molecule has 0 saturated carbocycles. The molecule has 1 aliphatic rings. The second-order valence-electron chi connectivity index (χ2n) is 8.98. The minimum atomic E-state index is -0.925. The number of nitrogens with zero attached hydrogens (tertiary/aromatic N) is 4. The van der Waals surface area contributed by atoms with Gasteiger partial charge in [0.1, 0.15) is 12.0 Å². The minimum absolute atomic E-state index is 0.136. The van der Waals surface area contributed by atoms with Crippen LogP contribution in [-0.2, 0) is 0 Å². The van der Waals surface area contributed by atoms with Crippen LogP contribution in [-0.4, -0.2) is 39.0 Å². The van der Waals surface area contributed by atoms with Gasteiger partial charge in [-0.3, -0.25) is 9.56 Å². The van der Waals surface area contributed by atoms with Gasteiger partial charge in [-0.15, -0.1) is 0 Å². The molecule has 1 atom stereocenters. The van der Waals surface area contributed by atoms with Crippen molar-refractivity contribution in [2.45, 2.75) is 19.9 Å². The van der Waals surface area contributed by atoms with Gasteiger partial charge in [0.15, 0.2) is 12.2 Å². The van der Waals surface area contributed by atoms with Crippen LogP contribution in [0.2, 0.25) is 0 Å². The zero-order valence-corrected chi connectivity index (χ0v) is 20.3. The number of imidazole rings is 1. The second-order valence-corrected chi connectivity index (χ2v) is 12.9. The molecule has 33 heavy (non-hydrogen) atoms. The van der Waals surface area contributed by atoms with Crippen LogP contribution in [0, 0.1) is 18.1 Å². The van der Waals surface area contributed by atoms with Crippen molar-refractivity contribution in [2.75, 3.05) is 18.8 Å². The van der Waals surface area contributed by atoms with Gasteiger partial charge in [-0.05, 0) is 61.6 Å². The lowest BCUT2D eigenvalue weighted by atomic mass is 9.95. The molecule has 0 amide bonds. The summed E-state index contributed by atoms with van der Waals surface area (Å²) in [7, 11) is -0.925. The number of hydrogen-bond acceptors (Lipinski definition) is 4. The molecule has 5 rings (SSSR count). The van der Waals surface area contributed by atoms with Crippen LogP contribution < -0.4 is 0 Å². The van der Waals surface area contributed by atoms with Crippen LogP contribution in [0.3, 0.4) is 0 Å². The molecule has 0 aliphatic carbocycles. The topological polar surface area (TPSA) is 56.2 Å². The van der Waals surface area contributed by atoms with Crippen LogP contribution in [0.4, 0.5) is 0 Å². The Morgan fingerprint density at radius 3 is 2.61 bits per heavy atom. The van der Waals surface area contributed by atoms with Gasteiger partial charge in [-0.25, -0.2) is 9.97 Å². The van der Waals surface area contributed by atoms with Crippen molar-refractivity contribution in [3.8, 4) is 28.3 Å². The highest BCUT2D eigenvalue weighted by Crippen LogP contribution is 2.37. The van der Waals surface area contributed by atoms with Crippen molar-refractivity contribution in [1.29, 1.82) is 0 Å². The lowest BCUT2D eigenvalue weighted by Crippen LogP contribution is -2.09. The summed E-state index contributed by atoms with van der Waals surface area (Å²) >= 11 is 0. The fourth-order valence-electron chi connectivity index (χ4n) is 4.07. The zero-order chi connectivity index (χ0) is 23.2. The third-order valence-corrected chi connectivity index (χ3v) is 6.32. The first-order valence-electron chi connectivity index (χ1n) is 10.8. The van der Waals surface area contributed by atoms with Gasteiger partial charge in [-0.2, -0.15) is 10.0 Å². The number of fused-ring (bicyclic) bond motifs is 3. The molecule has 0 radical (unpaired) electrons. The average Bonchev–Trinajstić information content (AvgIpc) is 3.44. The van der Waals surface area contributed by atoms with E-state index in [0.29, 0.717) is 5.76 Å². The summed E-state index contributed by atoms with van der Waals surface area (Å²) in [6.45, 7) is 4.22. The van der Waals surface area contributed by atoms with Crippen molar-refractivity contribution in [2.24, 2.45) is 4.99 Å². The molecule has 3 heterocycles. The zero-order valence-electron chi connectivity index (χ0n) is 19.5. The van der Waals surface area contributed by atoms with Crippen molar-refractivity contribution in [1.82, 2.24) is 14.5 Å². The molecule has 2 aromatic carbocycles. The Balaban J connectivity index is 1.78. The molecule has 0 N–H and O–H groups in total. The molecule has 2 aromatic heterocycles. The summed E-state index contributed by atoms with van der Waals surface area (Å²) in [5, 5.41) is 3.43. The van der Waals surface area contributed by atoms with Crippen LogP contribution in [0.1, 0.15) is 40.9 Å². The highest BCUT2D eigenvalue weighted by molar-refractivity contribution is 8.35. The van der Waals surface area contributed by atoms with Crippen LogP contribution in [0.5, 0.6) is 0 Å². The second kappa shape index (κ2) is 8.09. The summed E-state index contributed by atoms with van der Waals surface area (Å²) in [4.78, 5) is 14.0. The summed E-state index contributed by atoms with van der Waals surface area (Å²) in [5.74, 6) is 4.03. The van der Waals surface area contributed by atoms with E-state index in [1.165, 1.54) is 12.0 Å². The molecule has 0 saturated heterocycles. The SMILES string of the molecule is Cc1ccccc1C1=N[C@H](C)c2c(-c3cnco3)ncn2-c2ccc(C#CS(C)(C)C)cc21. The number of oxazole rings is 1. The molecule has 0 spiro atoms. The first-order valence-corrected chi connectivity index (χ1v) is 13.6. The molecule has 0 bridgehead atoms. The minimum Gasteiger partial charge on any atom is -0.442 e. The van der Waals surface area contributed by atoms with Gasteiger partial charge < -0.3 is 4.42 Å². The first-order chi connectivity index (χ1) is 15.8. The van der Waals surface area contributed by atoms with Gasteiger partial charge in [0.05, 0.1) is 29.3 Å². The smallest absolute Gasteiger partial charge is 0.181 e. The Morgan fingerprint density at radius 2 is 1.88 bits per heavy atom. The predicted molar refractivity (Wildman–Crippen MR) is 137 cm³/mol. The van der Waals surface area contributed by atoms with E-state index in [0.717, 1.165) is 39.5 Å². The fraction of sp³-hybridized carbons (Fsp3) is 0.222. The fourth-order valence-corrected chi connectivity index (χ4v) is 4.50. The normalized spacial score (nSPS) is 15.5. The lowest BCUT2D eigenvalue weighted by molar-refractivity contribution is 0.568. The summed E-state index contributed by atoms with van der Waals surface area (Å²) < 4.78 is 7.71. The average molecular weight is 455 g/mol. The molecule has 5 nitrogen and oxygen atoms in total. The maximum absolute atomic E-state index is 5.58. The number of aryl methyl sites for hydroxylation is 1. The summed E-state index contributed by atoms with van der Waals surface area (Å²) in [5.41, 5.74) is 8.09. The van der Waals surface area contributed by atoms with Crippen LogP contribution in [0.15, 0.2) is 70.8 Å². The molecule has 0 unspecified atom stereocenters. The van der Waals surface area contributed by atoms with E-state index in [1.807, 2.05) is 6.33 Å². The van der Waals surface area contributed by atoms with Gasteiger partial charge in [0.25, 0.3) is 0 Å². The Kier molecular flexibility index (Phi) is 5.22. The Bertz CT molecular complexity index is 1430. The monoisotopic (exact) mass is 454 g/mol. The van der Waals surface area contributed by atoms with E-state index >= 15 is 0 Å².